The first-order chi connectivity index (χ1) is 17.5. The summed E-state index contributed by atoms with van der Waals surface area (Å²) in [6.07, 6.45) is 7.34. The molecule has 0 bridgehead atoms. The minimum Gasteiger partial charge on any atom is -0.493 e. The quantitative estimate of drug-likeness (QED) is 0.589. The van der Waals surface area contributed by atoms with Crippen LogP contribution in [0, 0.1) is 0 Å². The Balaban J connectivity index is 1.60. The number of aryl methyl sites for hydroxylation is 1. The molecular formula is C27H33N3O5S. The number of thiophene rings is 1. The summed E-state index contributed by atoms with van der Waals surface area (Å²) in [6, 6.07) is 3.77. The van der Waals surface area contributed by atoms with Crippen molar-refractivity contribution in [3.63, 3.8) is 0 Å². The summed E-state index contributed by atoms with van der Waals surface area (Å²) in [5.74, 6) is 1.44. The van der Waals surface area contributed by atoms with Gasteiger partial charge in [0.05, 0.1) is 27.0 Å². The van der Waals surface area contributed by atoms with Gasteiger partial charge in [-0.05, 0) is 62.6 Å². The highest BCUT2D eigenvalue weighted by molar-refractivity contribution is 7.17. The molecule has 0 N–H and O–H groups in total. The van der Waals surface area contributed by atoms with E-state index >= 15 is 0 Å². The number of aliphatic imine (C=N–C) groups is 1. The number of hydrogen-bond acceptors (Lipinski definition) is 7. The van der Waals surface area contributed by atoms with Gasteiger partial charge in [-0.2, -0.15) is 0 Å². The molecule has 0 radical (unpaired) electrons. The van der Waals surface area contributed by atoms with Gasteiger partial charge in [-0.15, -0.1) is 11.3 Å². The lowest BCUT2D eigenvalue weighted by molar-refractivity contribution is -0.132. The fraction of sp³-hybridized carbons (Fsp3) is 0.519. The predicted molar refractivity (Wildman–Crippen MR) is 140 cm³/mol. The van der Waals surface area contributed by atoms with Crippen LogP contribution < -0.4 is 19.1 Å². The minimum absolute atomic E-state index is 0.0107. The average Bonchev–Trinajstić information content (AvgIpc) is 3.24. The monoisotopic (exact) mass is 511 g/mol. The summed E-state index contributed by atoms with van der Waals surface area (Å²) in [5, 5.41) is 0.835. The van der Waals surface area contributed by atoms with Gasteiger partial charge in [0, 0.05) is 29.1 Å². The summed E-state index contributed by atoms with van der Waals surface area (Å²) >= 11 is 1.64. The highest BCUT2D eigenvalue weighted by atomic mass is 32.1. The van der Waals surface area contributed by atoms with E-state index in [1.807, 2.05) is 17.0 Å². The Hall–Kier alpha value is -3.07. The molecule has 1 aliphatic carbocycles. The molecule has 2 aromatic rings. The molecule has 3 aliphatic rings. The van der Waals surface area contributed by atoms with Gasteiger partial charge < -0.3 is 19.1 Å². The van der Waals surface area contributed by atoms with Crippen LogP contribution in [0.5, 0.6) is 17.2 Å². The molecule has 192 valence electrons. The lowest BCUT2D eigenvalue weighted by Gasteiger charge is -2.29. The van der Waals surface area contributed by atoms with E-state index in [1.165, 1.54) is 10.4 Å². The minimum atomic E-state index is -0.150. The van der Waals surface area contributed by atoms with Crippen LogP contribution in [0.15, 0.2) is 17.1 Å². The first-order valence-corrected chi connectivity index (χ1v) is 13.4. The second kappa shape index (κ2) is 10.5. The summed E-state index contributed by atoms with van der Waals surface area (Å²) in [4.78, 5) is 36.3. The van der Waals surface area contributed by atoms with Gasteiger partial charge in [-0.3, -0.25) is 19.5 Å². The number of benzene rings is 1. The molecule has 0 spiro atoms. The Morgan fingerprint density at radius 1 is 0.972 bits per heavy atom. The molecule has 9 heteroatoms. The number of nitrogens with zero attached hydrogens (tertiary/aromatic N) is 3. The van der Waals surface area contributed by atoms with Crippen molar-refractivity contribution >= 4 is 33.9 Å². The molecule has 0 saturated carbocycles. The Labute approximate surface area is 215 Å². The van der Waals surface area contributed by atoms with Gasteiger partial charge in [0.25, 0.3) is 0 Å². The third-order valence-corrected chi connectivity index (χ3v) is 8.56. The van der Waals surface area contributed by atoms with Crippen molar-refractivity contribution in [3.8, 4) is 17.2 Å². The molecule has 1 saturated heterocycles. The number of hydrogen-bond donors (Lipinski definition) is 0. The third-order valence-electron chi connectivity index (χ3n) is 7.25. The first kappa shape index (κ1) is 24.6. The zero-order chi connectivity index (χ0) is 25.2. The molecule has 2 amide bonds. The maximum absolute atomic E-state index is 13.4. The molecule has 0 unspecified atom stereocenters. The van der Waals surface area contributed by atoms with E-state index in [4.69, 9.17) is 19.2 Å². The Morgan fingerprint density at radius 2 is 1.67 bits per heavy atom. The molecule has 8 nitrogen and oxygen atoms in total. The molecule has 2 aliphatic heterocycles. The van der Waals surface area contributed by atoms with Crippen molar-refractivity contribution in [2.45, 2.75) is 44.9 Å². The maximum atomic E-state index is 13.4. The molecule has 1 fully saturated rings. The highest BCUT2D eigenvalue weighted by Crippen LogP contribution is 2.45. The number of carbonyl (C=O) groups is 2. The largest absolute Gasteiger partial charge is 0.493 e. The first-order valence-electron chi connectivity index (χ1n) is 12.6. The average molecular weight is 512 g/mol. The number of anilines is 1. The molecule has 36 heavy (non-hydrogen) atoms. The number of piperidine rings is 1. The van der Waals surface area contributed by atoms with Gasteiger partial charge in [-0.25, -0.2) is 0 Å². The zero-order valence-corrected chi connectivity index (χ0v) is 22.0. The van der Waals surface area contributed by atoms with Crippen molar-refractivity contribution in [3.05, 3.63) is 33.7 Å². The molecule has 3 heterocycles. The fourth-order valence-corrected chi connectivity index (χ4v) is 6.81. The summed E-state index contributed by atoms with van der Waals surface area (Å²) < 4.78 is 16.7. The van der Waals surface area contributed by atoms with Crippen LogP contribution in [-0.4, -0.2) is 69.9 Å². The third kappa shape index (κ3) is 4.45. The SMILES string of the molecule is COc1cc(C2=NCC(=O)N(CC(=O)N3CCCCC3)c3sc4c(c32)CCCC4)cc(OC)c1OC. The normalized spacial score (nSPS) is 17.6. The predicted octanol–water partition coefficient (Wildman–Crippen LogP) is 3.85. The van der Waals surface area contributed by atoms with Gasteiger partial charge in [0.15, 0.2) is 11.5 Å². The number of rotatable bonds is 6. The summed E-state index contributed by atoms with van der Waals surface area (Å²) in [7, 11) is 4.75. The van der Waals surface area contributed by atoms with Gasteiger partial charge in [0.1, 0.15) is 18.1 Å². The number of methoxy groups -OCH3 is 3. The van der Waals surface area contributed by atoms with Crippen LogP contribution in [0.4, 0.5) is 5.00 Å². The van der Waals surface area contributed by atoms with E-state index in [9.17, 15) is 9.59 Å². The number of fused-ring (bicyclic) bond motifs is 3. The zero-order valence-electron chi connectivity index (χ0n) is 21.2. The van der Waals surface area contributed by atoms with Crippen LogP contribution in [-0.2, 0) is 22.4 Å². The van der Waals surface area contributed by atoms with Crippen molar-refractivity contribution in [1.29, 1.82) is 0 Å². The highest BCUT2D eigenvalue weighted by Gasteiger charge is 2.34. The summed E-state index contributed by atoms with van der Waals surface area (Å²) in [5.41, 5.74) is 3.76. The van der Waals surface area contributed by atoms with Crippen molar-refractivity contribution in [2.24, 2.45) is 4.99 Å². The van der Waals surface area contributed by atoms with Gasteiger partial charge in [0.2, 0.25) is 17.6 Å². The van der Waals surface area contributed by atoms with Crippen LogP contribution in [0.25, 0.3) is 0 Å². The Morgan fingerprint density at radius 3 is 2.33 bits per heavy atom. The molecule has 1 aromatic heterocycles. The van der Waals surface area contributed by atoms with Gasteiger partial charge in [-0.1, -0.05) is 0 Å². The molecular weight excluding hydrogens is 478 g/mol. The van der Waals surface area contributed by atoms with E-state index < -0.39 is 0 Å². The van der Waals surface area contributed by atoms with E-state index in [0.29, 0.717) is 17.2 Å². The van der Waals surface area contributed by atoms with E-state index in [1.54, 1.807) is 37.6 Å². The molecule has 0 atom stereocenters. The van der Waals surface area contributed by atoms with E-state index in [2.05, 4.69) is 0 Å². The molecule has 5 rings (SSSR count). The Kier molecular flexibility index (Phi) is 7.18. The number of ether oxygens (including phenoxy) is 3. The maximum Gasteiger partial charge on any atom is 0.249 e. The van der Waals surface area contributed by atoms with Crippen LogP contribution in [0.3, 0.4) is 0 Å². The number of carbonyl (C=O) groups excluding carboxylic acids is 2. The standard InChI is InChI=1S/C27H33N3O5S/c1-33-19-13-17(14-20(34-2)26(19)35-3)25-24-18-9-5-6-10-21(18)36-27(24)30(22(31)15-28-25)16-23(32)29-11-7-4-8-12-29/h13-14H,4-12,15-16H2,1-3H3. The smallest absolute Gasteiger partial charge is 0.249 e. The van der Waals surface area contributed by atoms with Crippen molar-refractivity contribution in [2.75, 3.05) is 52.4 Å². The van der Waals surface area contributed by atoms with Crippen LogP contribution >= 0.6 is 11.3 Å². The number of amides is 2. The van der Waals surface area contributed by atoms with Crippen molar-refractivity contribution in [1.82, 2.24) is 4.90 Å². The lowest BCUT2D eigenvalue weighted by Crippen LogP contribution is -2.45. The number of likely N-dealkylation sites (tertiary alicyclic amines) is 1. The van der Waals surface area contributed by atoms with Crippen molar-refractivity contribution < 1.29 is 23.8 Å². The van der Waals surface area contributed by atoms with E-state index in [-0.39, 0.29) is 24.9 Å². The second-order valence-electron chi connectivity index (χ2n) is 9.39. The van der Waals surface area contributed by atoms with E-state index in [0.717, 1.165) is 79.9 Å². The van der Waals surface area contributed by atoms with Crippen LogP contribution in [0.1, 0.15) is 53.7 Å². The second-order valence-corrected chi connectivity index (χ2v) is 10.5. The molecule has 1 aromatic carbocycles. The Bertz CT molecular complexity index is 1170. The fourth-order valence-electron chi connectivity index (χ4n) is 5.40. The topological polar surface area (TPSA) is 80.7 Å². The summed E-state index contributed by atoms with van der Waals surface area (Å²) in [6.45, 7) is 1.57. The van der Waals surface area contributed by atoms with Gasteiger partial charge >= 0.3 is 0 Å². The lowest BCUT2D eigenvalue weighted by atomic mass is 9.91. The van der Waals surface area contributed by atoms with Crippen LogP contribution in [0.2, 0.25) is 0 Å².